The third kappa shape index (κ3) is 1.83. The van der Waals surface area contributed by atoms with Gasteiger partial charge < -0.3 is 25.7 Å². The molecule has 1 atom stereocenters. The molecule has 88 valence electrons. The zero-order valence-corrected chi connectivity index (χ0v) is 9.58. The number of methoxy groups -OCH3 is 1. The van der Waals surface area contributed by atoms with Crippen molar-refractivity contribution in [2.45, 2.75) is 6.10 Å². The molecule has 5 nitrogen and oxygen atoms in total. The lowest BCUT2D eigenvalue weighted by Gasteiger charge is -2.28. The summed E-state index contributed by atoms with van der Waals surface area (Å²) < 4.78 is 16.1. The van der Waals surface area contributed by atoms with Crippen molar-refractivity contribution < 1.29 is 14.2 Å². The zero-order valence-electron chi connectivity index (χ0n) is 8.83. The second kappa shape index (κ2) is 4.27. The van der Waals surface area contributed by atoms with Crippen molar-refractivity contribution in [3.8, 4) is 11.5 Å². The molecule has 0 aliphatic carbocycles. The fourth-order valence-electron chi connectivity index (χ4n) is 1.55. The molecule has 0 spiro atoms. The first-order valence-electron chi connectivity index (χ1n) is 4.79. The Morgan fingerprint density at radius 1 is 1.50 bits per heavy atom. The Hall–Kier alpha value is -1.33. The second-order valence-electron chi connectivity index (χ2n) is 3.53. The maximum absolute atomic E-state index is 5.88. The van der Waals surface area contributed by atoms with Crippen LogP contribution in [0.25, 0.3) is 0 Å². The van der Waals surface area contributed by atoms with E-state index in [9.17, 15) is 0 Å². The predicted molar refractivity (Wildman–Crippen MR) is 62.1 cm³/mol. The molecule has 0 radical (unpaired) electrons. The maximum Gasteiger partial charge on any atom is 0.188 e. The predicted octanol–water partition coefficient (Wildman–Crippen LogP) is 1.29. The summed E-state index contributed by atoms with van der Waals surface area (Å²) in [4.78, 5) is 0. The number of fused-ring (bicyclic) bond motifs is 1. The quantitative estimate of drug-likeness (QED) is 0.767. The Morgan fingerprint density at radius 3 is 2.94 bits per heavy atom. The third-order valence-electron chi connectivity index (χ3n) is 2.30. The first-order chi connectivity index (χ1) is 7.63. The molecule has 1 unspecified atom stereocenters. The molecular formula is C10H13ClN2O3. The van der Waals surface area contributed by atoms with Crippen LogP contribution in [0.1, 0.15) is 0 Å². The van der Waals surface area contributed by atoms with Crippen LogP contribution in [-0.2, 0) is 4.74 Å². The van der Waals surface area contributed by atoms with Gasteiger partial charge in [0, 0.05) is 7.11 Å². The van der Waals surface area contributed by atoms with Crippen molar-refractivity contribution >= 4 is 23.0 Å². The molecular weight excluding hydrogens is 232 g/mol. The molecule has 4 N–H and O–H groups in total. The highest BCUT2D eigenvalue weighted by atomic mass is 35.5. The van der Waals surface area contributed by atoms with E-state index in [1.165, 1.54) is 0 Å². The van der Waals surface area contributed by atoms with Crippen LogP contribution in [0.3, 0.4) is 0 Å². The van der Waals surface area contributed by atoms with E-state index in [0.717, 1.165) is 0 Å². The minimum absolute atomic E-state index is 0.180. The Kier molecular flexibility index (Phi) is 2.98. The van der Waals surface area contributed by atoms with E-state index in [2.05, 4.69) is 0 Å². The van der Waals surface area contributed by atoms with Crippen molar-refractivity contribution in [1.82, 2.24) is 0 Å². The van der Waals surface area contributed by atoms with Crippen LogP contribution < -0.4 is 20.9 Å². The number of anilines is 2. The molecule has 0 fully saturated rings. The van der Waals surface area contributed by atoms with Gasteiger partial charge in [-0.2, -0.15) is 0 Å². The van der Waals surface area contributed by atoms with Crippen LogP contribution in [0.2, 0.25) is 5.02 Å². The Bertz CT molecular complexity index is 412. The van der Waals surface area contributed by atoms with Crippen LogP contribution in [0.5, 0.6) is 11.5 Å². The molecule has 2 rings (SSSR count). The highest BCUT2D eigenvalue weighted by molar-refractivity contribution is 6.34. The number of hydrogen-bond acceptors (Lipinski definition) is 5. The molecule has 0 aromatic heterocycles. The number of rotatable bonds is 2. The first kappa shape index (κ1) is 11.2. The monoisotopic (exact) mass is 244 g/mol. The van der Waals surface area contributed by atoms with E-state index < -0.39 is 0 Å². The summed E-state index contributed by atoms with van der Waals surface area (Å²) in [6.45, 7) is 0.798. The van der Waals surface area contributed by atoms with Crippen LogP contribution in [0.15, 0.2) is 6.07 Å². The highest BCUT2D eigenvalue weighted by Gasteiger charge is 2.26. The van der Waals surface area contributed by atoms with Gasteiger partial charge in [0.15, 0.2) is 17.6 Å². The van der Waals surface area contributed by atoms with Crippen LogP contribution >= 0.6 is 11.6 Å². The summed E-state index contributed by atoms with van der Waals surface area (Å²) in [6, 6.07) is 1.55. The number of nitrogens with two attached hydrogens (primary N) is 2. The van der Waals surface area contributed by atoms with Crippen LogP contribution in [-0.4, -0.2) is 26.4 Å². The summed E-state index contributed by atoms with van der Waals surface area (Å²) >= 11 is 5.88. The topological polar surface area (TPSA) is 79.7 Å². The van der Waals surface area contributed by atoms with Gasteiger partial charge in [-0.05, 0) is 6.07 Å². The van der Waals surface area contributed by atoms with E-state index in [1.807, 2.05) is 0 Å². The summed E-state index contributed by atoms with van der Waals surface area (Å²) in [6.07, 6.45) is -0.180. The van der Waals surface area contributed by atoms with Crippen LogP contribution in [0, 0.1) is 0 Å². The van der Waals surface area contributed by atoms with Gasteiger partial charge in [-0.15, -0.1) is 0 Å². The number of hydrogen-bond donors (Lipinski definition) is 2. The average Bonchev–Trinajstić information content (AvgIpc) is 2.27. The Labute approximate surface area is 98.2 Å². The smallest absolute Gasteiger partial charge is 0.188 e. The van der Waals surface area contributed by atoms with E-state index in [4.69, 9.17) is 37.3 Å². The van der Waals surface area contributed by atoms with Crippen molar-refractivity contribution in [3.05, 3.63) is 11.1 Å². The SMILES string of the molecule is COCC1COc2c(N)c(Cl)cc(N)c2O1. The fraction of sp³-hybridized carbons (Fsp3) is 0.400. The lowest BCUT2D eigenvalue weighted by molar-refractivity contribution is 0.0283. The highest BCUT2D eigenvalue weighted by Crippen LogP contribution is 2.45. The van der Waals surface area contributed by atoms with E-state index in [0.29, 0.717) is 41.1 Å². The van der Waals surface area contributed by atoms with Crippen molar-refractivity contribution in [3.63, 3.8) is 0 Å². The van der Waals surface area contributed by atoms with Gasteiger partial charge in [-0.3, -0.25) is 0 Å². The Balaban J connectivity index is 2.35. The molecule has 0 saturated heterocycles. The molecule has 0 bridgehead atoms. The molecule has 0 saturated carbocycles. The summed E-state index contributed by atoms with van der Waals surface area (Å²) in [7, 11) is 1.60. The minimum Gasteiger partial charge on any atom is -0.483 e. The van der Waals surface area contributed by atoms with Crippen molar-refractivity contribution in [2.24, 2.45) is 0 Å². The van der Waals surface area contributed by atoms with Crippen molar-refractivity contribution in [1.29, 1.82) is 0 Å². The van der Waals surface area contributed by atoms with Gasteiger partial charge in [-0.1, -0.05) is 11.6 Å². The average molecular weight is 245 g/mol. The van der Waals surface area contributed by atoms with E-state index in [1.54, 1.807) is 13.2 Å². The van der Waals surface area contributed by atoms with Gasteiger partial charge >= 0.3 is 0 Å². The van der Waals surface area contributed by atoms with Crippen LogP contribution in [0.4, 0.5) is 11.4 Å². The Morgan fingerprint density at radius 2 is 2.25 bits per heavy atom. The first-order valence-corrected chi connectivity index (χ1v) is 5.17. The molecule has 1 heterocycles. The maximum atomic E-state index is 5.88. The molecule has 1 aliphatic heterocycles. The number of nitrogen functional groups attached to an aromatic ring is 2. The second-order valence-corrected chi connectivity index (χ2v) is 3.93. The third-order valence-corrected chi connectivity index (χ3v) is 2.62. The number of halogens is 1. The van der Waals surface area contributed by atoms with Gasteiger partial charge in [0.2, 0.25) is 0 Å². The molecule has 1 aromatic rings. The molecule has 6 heteroatoms. The number of ether oxygens (including phenoxy) is 3. The lowest BCUT2D eigenvalue weighted by Crippen LogP contribution is -2.33. The molecule has 16 heavy (non-hydrogen) atoms. The normalized spacial score (nSPS) is 18.5. The minimum atomic E-state index is -0.180. The zero-order chi connectivity index (χ0) is 11.7. The summed E-state index contributed by atoms with van der Waals surface area (Å²) in [5.41, 5.74) is 12.3. The molecule has 1 aliphatic rings. The van der Waals surface area contributed by atoms with Gasteiger partial charge in [0.05, 0.1) is 23.0 Å². The standard InChI is InChI=1S/C10H13ClN2O3/c1-14-3-5-4-15-10-8(13)6(11)2-7(12)9(10)16-5/h2,5H,3-4,12-13H2,1H3. The van der Waals surface area contributed by atoms with Gasteiger partial charge in [0.25, 0.3) is 0 Å². The molecule has 1 aromatic carbocycles. The van der Waals surface area contributed by atoms with E-state index >= 15 is 0 Å². The lowest BCUT2D eigenvalue weighted by atomic mass is 10.2. The summed E-state index contributed by atoms with van der Waals surface area (Å²) in [5, 5.41) is 0.366. The summed E-state index contributed by atoms with van der Waals surface area (Å²) in [5.74, 6) is 0.854. The van der Waals surface area contributed by atoms with Crippen molar-refractivity contribution in [2.75, 3.05) is 31.8 Å². The number of benzene rings is 1. The largest absolute Gasteiger partial charge is 0.483 e. The van der Waals surface area contributed by atoms with Gasteiger partial charge in [0.1, 0.15) is 6.61 Å². The molecule has 0 amide bonds. The van der Waals surface area contributed by atoms with E-state index in [-0.39, 0.29) is 6.10 Å². The fourth-order valence-corrected chi connectivity index (χ4v) is 1.75. The van der Waals surface area contributed by atoms with Gasteiger partial charge in [-0.25, -0.2) is 0 Å².